The number of hydrogen-bond acceptors (Lipinski definition) is 3. The fourth-order valence-corrected chi connectivity index (χ4v) is 3.45. The molecular formula is C22H20F3NO3. The van der Waals surface area contributed by atoms with E-state index in [-0.39, 0.29) is 24.3 Å². The van der Waals surface area contributed by atoms with E-state index in [1.165, 1.54) is 12.1 Å². The van der Waals surface area contributed by atoms with Crippen molar-refractivity contribution in [2.45, 2.75) is 31.9 Å². The summed E-state index contributed by atoms with van der Waals surface area (Å²) in [5.74, 6) is -1.02. The molecule has 152 valence electrons. The van der Waals surface area contributed by atoms with Crippen LogP contribution in [-0.2, 0) is 17.4 Å². The van der Waals surface area contributed by atoms with E-state index in [4.69, 9.17) is 0 Å². The smallest absolute Gasteiger partial charge is 0.303 e. The third kappa shape index (κ3) is 4.72. The maximum Gasteiger partial charge on any atom is 0.416 e. The number of imide groups is 1. The first-order valence-corrected chi connectivity index (χ1v) is 9.38. The molecule has 7 heteroatoms. The van der Waals surface area contributed by atoms with Gasteiger partial charge in [0.2, 0.25) is 0 Å². The molecule has 0 fully saturated rings. The fraction of sp³-hybridized carbons (Fsp3) is 0.318. The maximum absolute atomic E-state index is 12.6. The fourth-order valence-electron chi connectivity index (χ4n) is 3.45. The van der Waals surface area contributed by atoms with Crippen molar-refractivity contribution in [1.29, 1.82) is 0 Å². The Morgan fingerprint density at radius 2 is 1.48 bits per heavy atom. The molecule has 1 aliphatic rings. The van der Waals surface area contributed by atoms with E-state index in [1.807, 2.05) is 0 Å². The first-order valence-electron chi connectivity index (χ1n) is 9.38. The molecule has 0 unspecified atom stereocenters. The average Bonchev–Trinajstić information content (AvgIpc) is 2.95. The van der Waals surface area contributed by atoms with Gasteiger partial charge in [-0.05, 0) is 55.5 Å². The van der Waals surface area contributed by atoms with Gasteiger partial charge in [-0.25, -0.2) is 0 Å². The van der Waals surface area contributed by atoms with Crippen LogP contribution in [0.4, 0.5) is 13.2 Å². The van der Waals surface area contributed by atoms with Crippen molar-refractivity contribution in [3.63, 3.8) is 0 Å². The number of amides is 2. The zero-order chi connectivity index (χ0) is 21.0. The zero-order valence-corrected chi connectivity index (χ0v) is 15.6. The van der Waals surface area contributed by atoms with Gasteiger partial charge in [-0.1, -0.05) is 24.3 Å². The largest absolute Gasteiger partial charge is 0.416 e. The number of nitrogens with zero attached hydrogens (tertiary/aromatic N) is 1. The molecular weight excluding hydrogens is 383 g/mol. The Balaban J connectivity index is 1.48. The van der Waals surface area contributed by atoms with Gasteiger partial charge in [-0.2, -0.15) is 13.2 Å². The van der Waals surface area contributed by atoms with Crippen molar-refractivity contribution in [3.8, 4) is 0 Å². The molecule has 4 nitrogen and oxygen atoms in total. The van der Waals surface area contributed by atoms with Crippen molar-refractivity contribution in [3.05, 3.63) is 70.8 Å². The number of hydrogen-bond donors (Lipinski definition) is 0. The van der Waals surface area contributed by atoms with E-state index in [0.717, 1.165) is 28.9 Å². The molecule has 1 aliphatic heterocycles. The van der Waals surface area contributed by atoms with E-state index in [1.54, 1.807) is 24.3 Å². The zero-order valence-electron chi connectivity index (χ0n) is 15.6. The summed E-state index contributed by atoms with van der Waals surface area (Å²) in [4.78, 5) is 37.2. The van der Waals surface area contributed by atoms with E-state index in [2.05, 4.69) is 0 Å². The monoisotopic (exact) mass is 403 g/mol. The highest BCUT2D eigenvalue weighted by Crippen LogP contribution is 2.29. The van der Waals surface area contributed by atoms with Gasteiger partial charge in [0.15, 0.2) is 0 Å². The van der Waals surface area contributed by atoms with Crippen LogP contribution in [0.1, 0.15) is 51.1 Å². The predicted molar refractivity (Wildman–Crippen MR) is 100 cm³/mol. The van der Waals surface area contributed by atoms with Gasteiger partial charge in [0.05, 0.1) is 16.7 Å². The lowest BCUT2D eigenvalue weighted by Crippen LogP contribution is -2.32. The number of halogens is 3. The van der Waals surface area contributed by atoms with E-state index < -0.39 is 11.7 Å². The minimum atomic E-state index is -4.36. The van der Waals surface area contributed by atoms with Gasteiger partial charge in [0.1, 0.15) is 6.29 Å². The van der Waals surface area contributed by atoms with Crippen LogP contribution in [0.15, 0.2) is 48.5 Å². The molecule has 0 aliphatic carbocycles. The van der Waals surface area contributed by atoms with Crippen LogP contribution in [-0.4, -0.2) is 29.5 Å². The summed E-state index contributed by atoms with van der Waals surface area (Å²) in [6.07, 6.45) is -1.47. The van der Waals surface area contributed by atoms with Crippen molar-refractivity contribution < 1.29 is 27.6 Å². The van der Waals surface area contributed by atoms with Crippen molar-refractivity contribution in [1.82, 2.24) is 4.90 Å². The summed E-state index contributed by atoms with van der Waals surface area (Å²) in [7, 11) is 0. The number of carbonyl (C=O) groups excluding carboxylic acids is 3. The molecule has 2 aromatic rings. The van der Waals surface area contributed by atoms with E-state index in [0.29, 0.717) is 36.8 Å². The second kappa shape index (κ2) is 8.59. The summed E-state index contributed by atoms with van der Waals surface area (Å²) in [5, 5.41) is 0. The Labute approximate surface area is 166 Å². The quantitative estimate of drug-likeness (QED) is 0.481. The van der Waals surface area contributed by atoms with Gasteiger partial charge in [-0.15, -0.1) is 0 Å². The molecule has 0 aromatic heterocycles. The number of carbonyl (C=O) groups is 3. The normalized spacial score (nSPS) is 14.8. The van der Waals surface area contributed by atoms with E-state index in [9.17, 15) is 27.6 Å². The summed E-state index contributed by atoms with van der Waals surface area (Å²) < 4.78 is 37.8. The SMILES string of the molecule is O=C[C@@H](CCCc1ccc(C(F)(F)F)cc1)CCN1C(=O)c2ccccc2C1=O. The summed E-state index contributed by atoms with van der Waals surface area (Å²) >= 11 is 0. The molecule has 1 heterocycles. The molecule has 2 aromatic carbocycles. The first-order chi connectivity index (χ1) is 13.8. The molecule has 3 rings (SSSR count). The van der Waals surface area contributed by atoms with Gasteiger partial charge >= 0.3 is 6.18 Å². The van der Waals surface area contributed by atoms with Gasteiger partial charge in [0.25, 0.3) is 11.8 Å². The third-order valence-electron chi connectivity index (χ3n) is 5.12. The van der Waals surface area contributed by atoms with Crippen molar-refractivity contribution in [2.75, 3.05) is 6.54 Å². The summed E-state index contributed by atoms with van der Waals surface area (Å²) in [5.41, 5.74) is 0.834. The van der Waals surface area contributed by atoms with Crippen molar-refractivity contribution >= 4 is 18.1 Å². The molecule has 0 spiro atoms. The molecule has 2 amide bonds. The Kier molecular flexibility index (Phi) is 6.15. The molecule has 0 saturated carbocycles. The number of rotatable bonds is 8. The summed E-state index contributed by atoms with van der Waals surface area (Å²) in [6.45, 7) is 0.163. The summed E-state index contributed by atoms with van der Waals surface area (Å²) in [6, 6.07) is 11.6. The lowest BCUT2D eigenvalue weighted by atomic mass is 9.97. The lowest BCUT2D eigenvalue weighted by Gasteiger charge is -2.16. The number of fused-ring (bicyclic) bond motifs is 1. The van der Waals surface area contributed by atoms with Gasteiger partial charge in [0, 0.05) is 12.5 Å². The van der Waals surface area contributed by atoms with E-state index >= 15 is 0 Å². The molecule has 0 bridgehead atoms. The van der Waals surface area contributed by atoms with Crippen LogP contribution >= 0.6 is 0 Å². The van der Waals surface area contributed by atoms with Gasteiger partial charge < -0.3 is 4.79 Å². The topological polar surface area (TPSA) is 54.5 Å². The third-order valence-corrected chi connectivity index (χ3v) is 5.12. The molecule has 1 atom stereocenters. The van der Waals surface area contributed by atoms with Gasteiger partial charge in [-0.3, -0.25) is 14.5 Å². The van der Waals surface area contributed by atoms with Crippen LogP contribution in [0.5, 0.6) is 0 Å². The number of alkyl halides is 3. The predicted octanol–water partition coefficient (Wildman–Crippen LogP) is 4.53. The van der Waals surface area contributed by atoms with Crippen LogP contribution in [0.25, 0.3) is 0 Å². The molecule has 0 N–H and O–H groups in total. The Hall–Kier alpha value is -2.96. The second-order valence-corrected chi connectivity index (χ2v) is 7.08. The van der Waals surface area contributed by atoms with Crippen LogP contribution in [0.2, 0.25) is 0 Å². The Morgan fingerprint density at radius 1 is 0.897 bits per heavy atom. The standard InChI is InChI=1S/C22H20F3NO3/c23-22(24,25)17-10-8-15(9-11-17)4-3-5-16(14-27)12-13-26-20(28)18-6-1-2-7-19(18)21(26)29/h1-2,6-11,14,16H,3-5,12-13H2/t16-/m0/s1. The Bertz CT molecular complexity index is 871. The molecule has 0 radical (unpaired) electrons. The minimum absolute atomic E-state index is 0.163. The van der Waals surface area contributed by atoms with Crippen LogP contribution in [0, 0.1) is 5.92 Å². The number of benzene rings is 2. The molecule has 0 saturated heterocycles. The molecule has 29 heavy (non-hydrogen) atoms. The minimum Gasteiger partial charge on any atom is -0.303 e. The highest BCUT2D eigenvalue weighted by molar-refractivity contribution is 6.21. The van der Waals surface area contributed by atoms with Crippen molar-refractivity contribution in [2.24, 2.45) is 5.92 Å². The first kappa shape index (κ1) is 20.8. The number of aryl methyl sites for hydroxylation is 1. The average molecular weight is 403 g/mol. The second-order valence-electron chi connectivity index (χ2n) is 7.08. The highest BCUT2D eigenvalue weighted by atomic mass is 19.4. The van der Waals surface area contributed by atoms with Crippen LogP contribution < -0.4 is 0 Å². The highest BCUT2D eigenvalue weighted by Gasteiger charge is 2.35. The number of aldehydes is 1. The Morgan fingerprint density at radius 3 is 2.00 bits per heavy atom. The maximum atomic E-state index is 12.6. The van der Waals surface area contributed by atoms with Crippen LogP contribution in [0.3, 0.4) is 0 Å². The lowest BCUT2D eigenvalue weighted by molar-refractivity contribution is -0.137.